The molecule has 1 saturated carbocycles. The van der Waals surface area contributed by atoms with Crippen molar-refractivity contribution in [3.8, 4) is 0 Å². The van der Waals surface area contributed by atoms with Crippen molar-refractivity contribution in [2.45, 2.75) is 59.8 Å². The first kappa shape index (κ1) is 12.0. The second-order valence-corrected chi connectivity index (χ2v) is 5.64. The van der Waals surface area contributed by atoms with Gasteiger partial charge in [-0.15, -0.1) is 0 Å². The average Bonchev–Trinajstić information content (AvgIpc) is 2.16. The summed E-state index contributed by atoms with van der Waals surface area (Å²) in [4.78, 5) is 0. The summed E-state index contributed by atoms with van der Waals surface area (Å²) in [5.74, 6) is 0. The zero-order valence-corrected chi connectivity index (χ0v) is 10.4. The minimum atomic E-state index is 0.337. The molecule has 1 aliphatic carbocycles. The number of ether oxygens (including phenoxy) is 1. The van der Waals surface area contributed by atoms with E-state index in [1.54, 1.807) is 0 Å². The van der Waals surface area contributed by atoms with Crippen molar-refractivity contribution in [1.82, 2.24) is 0 Å². The summed E-state index contributed by atoms with van der Waals surface area (Å²) in [5.41, 5.74) is 0.837. The highest BCUT2D eigenvalue weighted by atomic mass is 16.5. The number of rotatable bonds is 4. The van der Waals surface area contributed by atoms with Crippen molar-refractivity contribution in [3.63, 3.8) is 0 Å². The van der Waals surface area contributed by atoms with E-state index < -0.39 is 0 Å². The molecule has 1 aliphatic rings. The van der Waals surface area contributed by atoms with Crippen LogP contribution >= 0.6 is 0 Å². The molecule has 1 nitrogen and oxygen atoms in total. The van der Waals surface area contributed by atoms with E-state index in [0.717, 1.165) is 13.2 Å². The van der Waals surface area contributed by atoms with Crippen LogP contribution in [0.15, 0.2) is 0 Å². The van der Waals surface area contributed by atoms with Crippen molar-refractivity contribution in [1.29, 1.82) is 0 Å². The van der Waals surface area contributed by atoms with E-state index in [0.29, 0.717) is 10.8 Å². The molecule has 0 unspecified atom stereocenters. The standard InChI is InChI=1S/C13H26O/c1-5-14-11-12(2,3)13(4)9-7-6-8-10-13/h5-11H2,1-4H3. The molecule has 0 aromatic rings. The van der Waals surface area contributed by atoms with Gasteiger partial charge in [-0.1, -0.05) is 40.0 Å². The van der Waals surface area contributed by atoms with Crippen molar-refractivity contribution in [2.24, 2.45) is 10.8 Å². The Hall–Kier alpha value is -0.0400. The fourth-order valence-corrected chi connectivity index (χ4v) is 2.54. The van der Waals surface area contributed by atoms with Crippen molar-refractivity contribution < 1.29 is 4.74 Å². The zero-order valence-electron chi connectivity index (χ0n) is 10.4. The SMILES string of the molecule is CCOCC(C)(C)C1(C)CCCCC1. The van der Waals surface area contributed by atoms with Crippen molar-refractivity contribution in [2.75, 3.05) is 13.2 Å². The summed E-state index contributed by atoms with van der Waals surface area (Å²) in [7, 11) is 0. The zero-order chi connectivity index (χ0) is 10.7. The first-order chi connectivity index (χ1) is 6.52. The fraction of sp³-hybridized carbons (Fsp3) is 1.00. The minimum absolute atomic E-state index is 0.337. The lowest BCUT2D eigenvalue weighted by Crippen LogP contribution is -2.40. The monoisotopic (exact) mass is 198 g/mol. The Morgan fingerprint density at radius 2 is 1.71 bits per heavy atom. The van der Waals surface area contributed by atoms with E-state index >= 15 is 0 Å². The Morgan fingerprint density at radius 1 is 1.14 bits per heavy atom. The summed E-state index contributed by atoms with van der Waals surface area (Å²) in [6.45, 7) is 11.0. The van der Waals surface area contributed by atoms with Gasteiger partial charge in [-0.2, -0.15) is 0 Å². The lowest BCUT2D eigenvalue weighted by molar-refractivity contribution is -0.0336. The molecule has 1 fully saturated rings. The van der Waals surface area contributed by atoms with Gasteiger partial charge in [0, 0.05) is 6.61 Å². The van der Waals surface area contributed by atoms with Crippen LogP contribution in [0, 0.1) is 10.8 Å². The van der Waals surface area contributed by atoms with Crippen LogP contribution in [0.25, 0.3) is 0 Å². The van der Waals surface area contributed by atoms with Crippen LogP contribution in [-0.4, -0.2) is 13.2 Å². The molecule has 14 heavy (non-hydrogen) atoms. The van der Waals surface area contributed by atoms with Gasteiger partial charge >= 0.3 is 0 Å². The van der Waals surface area contributed by atoms with E-state index in [1.165, 1.54) is 32.1 Å². The smallest absolute Gasteiger partial charge is 0.0522 e. The highest BCUT2D eigenvalue weighted by molar-refractivity contribution is 4.91. The Bertz CT molecular complexity index is 166. The Morgan fingerprint density at radius 3 is 2.21 bits per heavy atom. The van der Waals surface area contributed by atoms with Crippen LogP contribution < -0.4 is 0 Å². The van der Waals surface area contributed by atoms with Gasteiger partial charge in [-0.05, 0) is 30.6 Å². The molecule has 0 heterocycles. The van der Waals surface area contributed by atoms with E-state index in [9.17, 15) is 0 Å². The summed E-state index contributed by atoms with van der Waals surface area (Å²) >= 11 is 0. The quantitative estimate of drug-likeness (QED) is 0.663. The Kier molecular flexibility index (Phi) is 4.00. The largest absolute Gasteiger partial charge is 0.381 e. The van der Waals surface area contributed by atoms with Crippen LogP contribution in [0.5, 0.6) is 0 Å². The summed E-state index contributed by atoms with van der Waals surface area (Å²) in [6, 6.07) is 0. The molecule has 0 N–H and O–H groups in total. The molecular formula is C13H26O. The van der Waals surface area contributed by atoms with E-state index in [2.05, 4.69) is 27.7 Å². The number of hydrogen-bond donors (Lipinski definition) is 0. The third-order valence-corrected chi connectivity index (χ3v) is 4.26. The summed E-state index contributed by atoms with van der Waals surface area (Å²) < 4.78 is 5.62. The first-order valence-electron chi connectivity index (χ1n) is 6.10. The Balaban J connectivity index is 2.57. The topological polar surface area (TPSA) is 9.23 Å². The minimum Gasteiger partial charge on any atom is -0.381 e. The fourth-order valence-electron chi connectivity index (χ4n) is 2.54. The van der Waals surface area contributed by atoms with Crippen LogP contribution in [0.3, 0.4) is 0 Å². The highest BCUT2D eigenvalue weighted by Crippen LogP contribution is 2.49. The summed E-state index contributed by atoms with van der Waals surface area (Å²) in [5, 5.41) is 0. The van der Waals surface area contributed by atoms with Gasteiger partial charge in [0.15, 0.2) is 0 Å². The molecule has 0 aromatic heterocycles. The molecule has 0 amide bonds. The van der Waals surface area contributed by atoms with Crippen molar-refractivity contribution in [3.05, 3.63) is 0 Å². The molecule has 0 aromatic carbocycles. The number of hydrogen-bond acceptors (Lipinski definition) is 1. The van der Waals surface area contributed by atoms with Gasteiger partial charge in [0.25, 0.3) is 0 Å². The van der Waals surface area contributed by atoms with Crippen LogP contribution in [0.2, 0.25) is 0 Å². The predicted octanol–water partition coefficient (Wildman–Crippen LogP) is 4.02. The molecule has 0 saturated heterocycles. The molecule has 0 spiro atoms. The third-order valence-electron chi connectivity index (χ3n) is 4.26. The van der Waals surface area contributed by atoms with Gasteiger partial charge in [0.2, 0.25) is 0 Å². The molecule has 0 radical (unpaired) electrons. The molecule has 0 atom stereocenters. The molecule has 1 rings (SSSR count). The molecular weight excluding hydrogens is 172 g/mol. The second-order valence-electron chi connectivity index (χ2n) is 5.64. The Labute approximate surface area is 89.2 Å². The third kappa shape index (κ3) is 2.50. The van der Waals surface area contributed by atoms with E-state index in [1.807, 2.05) is 0 Å². The molecule has 84 valence electrons. The maximum atomic E-state index is 5.62. The maximum Gasteiger partial charge on any atom is 0.0522 e. The van der Waals surface area contributed by atoms with Crippen molar-refractivity contribution >= 4 is 0 Å². The molecule has 0 aliphatic heterocycles. The van der Waals surface area contributed by atoms with E-state index in [-0.39, 0.29) is 0 Å². The lowest BCUT2D eigenvalue weighted by atomic mass is 9.60. The lowest BCUT2D eigenvalue weighted by Gasteiger charge is -2.46. The molecule has 0 bridgehead atoms. The molecule has 1 heteroatoms. The normalized spacial score (nSPS) is 22.3. The first-order valence-corrected chi connectivity index (χ1v) is 6.10. The van der Waals surface area contributed by atoms with Crippen LogP contribution in [-0.2, 0) is 4.74 Å². The average molecular weight is 198 g/mol. The van der Waals surface area contributed by atoms with Gasteiger partial charge in [-0.3, -0.25) is 0 Å². The van der Waals surface area contributed by atoms with Crippen LogP contribution in [0.1, 0.15) is 59.8 Å². The maximum absolute atomic E-state index is 5.62. The van der Waals surface area contributed by atoms with Gasteiger partial charge in [0.1, 0.15) is 0 Å². The van der Waals surface area contributed by atoms with Crippen LogP contribution in [0.4, 0.5) is 0 Å². The van der Waals surface area contributed by atoms with Gasteiger partial charge in [-0.25, -0.2) is 0 Å². The van der Waals surface area contributed by atoms with Gasteiger partial charge in [0.05, 0.1) is 6.61 Å². The van der Waals surface area contributed by atoms with Gasteiger partial charge < -0.3 is 4.74 Å². The summed E-state index contributed by atoms with van der Waals surface area (Å²) in [6.07, 6.45) is 7.01. The second kappa shape index (κ2) is 4.65. The van der Waals surface area contributed by atoms with E-state index in [4.69, 9.17) is 4.74 Å². The highest BCUT2D eigenvalue weighted by Gasteiger charge is 2.41. The predicted molar refractivity (Wildman–Crippen MR) is 61.5 cm³/mol.